The molecule has 8 nitrogen and oxygen atoms in total. The van der Waals surface area contributed by atoms with Crippen molar-refractivity contribution in [3.63, 3.8) is 0 Å². The highest BCUT2D eigenvalue weighted by Crippen LogP contribution is 2.44. The van der Waals surface area contributed by atoms with Gasteiger partial charge in [-0.2, -0.15) is 5.10 Å². The third-order valence-electron chi connectivity index (χ3n) is 5.76. The Labute approximate surface area is 183 Å². The van der Waals surface area contributed by atoms with E-state index in [0.29, 0.717) is 23.8 Å². The predicted octanol–water partition coefficient (Wildman–Crippen LogP) is 4.59. The van der Waals surface area contributed by atoms with Gasteiger partial charge < -0.3 is 9.73 Å². The van der Waals surface area contributed by atoms with Gasteiger partial charge in [-0.3, -0.25) is 9.89 Å². The molecule has 1 saturated carbocycles. The summed E-state index contributed by atoms with van der Waals surface area (Å²) in [5, 5.41) is 20.0. The van der Waals surface area contributed by atoms with Crippen LogP contribution >= 0.6 is 0 Å². The third kappa shape index (κ3) is 3.35. The lowest BCUT2D eigenvalue weighted by Crippen LogP contribution is -2.11. The van der Waals surface area contributed by atoms with Crippen molar-refractivity contribution in [1.29, 1.82) is 0 Å². The summed E-state index contributed by atoms with van der Waals surface area (Å²) in [6, 6.07) is 17.9. The number of hydrogen-bond donors (Lipinski definition) is 2. The van der Waals surface area contributed by atoms with Gasteiger partial charge >= 0.3 is 0 Å². The van der Waals surface area contributed by atoms with E-state index in [0.717, 1.165) is 35.0 Å². The molecule has 0 saturated heterocycles. The number of nitrogens with one attached hydrogen (secondary N) is 2. The molecule has 0 radical (unpaired) electrons. The Morgan fingerprint density at radius 1 is 1.16 bits per heavy atom. The average molecular weight is 424 g/mol. The molecular weight excluding hydrogens is 404 g/mol. The highest BCUT2D eigenvalue weighted by atomic mass is 16.3. The molecule has 8 heteroatoms. The van der Waals surface area contributed by atoms with Gasteiger partial charge in [-0.15, -0.1) is 5.10 Å². The molecule has 2 N–H and O–H groups in total. The first-order chi connectivity index (χ1) is 15.8. The third-order valence-corrected chi connectivity index (χ3v) is 5.76. The minimum absolute atomic E-state index is 0.273. The molecule has 1 amide bonds. The number of aromatic nitrogens is 5. The minimum Gasteiger partial charge on any atom is -0.472 e. The van der Waals surface area contributed by atoms with Crippen molar-refractivity contribution in [2.75, 3.05) is 5.32 Å². The lowest BCUT2D eigenvalue weighted by molar-refractivity contribution is 0.102. The fourth-order valence-electron chi connectivity index (χ4n) is 3.99. The van der Waals surface area contributed by atoms with Crippen molar-refractivity contribution in [1.82, 2.24) is 25.2 Å². The van der Waals surface area contributed by atoms with Gasteiger partial charge in [0.05, 0.1) is 29.6 Å². The van der Waals surface area contributed by atoms with Gasteiger partial charge in [0.2, 0.25) is 0 Å². The number of nitrogens with zero attached hydrogens (tertiary/aromatic N) is 4. The van der Waals surface area contributed by atoms with Crippen LogP contribution in [0.15, 0.2) is 71.5 Å². The molecule has 3 aromatic heterocycles. The number of H-pyrrole nitrogens is 1. The Kier molecular flexibility index (Phi) is 4.34. The largest absolute Gasteiger partial charge is 0.472 e. The highest BCUT2D eigenvalue weighted by Gasteiger charge is 2.32. The number of anilines is 1. The molecule has 3 heterocycles. The van der Waals surface area contributed by atoms with E-state index < -0.39 is 0 Å². The second kappa shape index (κ2) is 7.49. The van der Waals surface area contributed by atoms with Crippen LogP contribution in [-0.4, -0.2) is 31.1 Å². The molecule has 0 atom stereocenters. The first-order valence-corrected chi connectivity index (χ1v) is 10.6. The van der Waals surface area contributed by atoms with Gasteiger partial charge in [0, 0.05) is 16.9 Å². The topological polar surface area (TPSA) is 102 Å². The SMILES string of the molecule is O=C(Nc1n[nH]c2ccc(-c3nnn(Cc4ccccc4)c3C3CC3)cc12)c1ccoc1. The van der Waals surface area contributed by atoms with Crippen molar-refractivity contribution in [2.45, 2.75) is 25.3 Å². The fourth-order valence-corrected chi connectivity index (χ4v) is 3.99. The Bertz CT molecular complexity index is 1400. The van der Waals surface area contributed by atoms with Crippen LogP contribution < -0.4 is 5.32 Å². The highest BCUT2D eigenvalue weighted by molar-refractivity contribution is 6.08. The Hall–Kier alpha value is -4.20. The van der Waals surface area contributed by atoms with E-state index in [1.165, 1.54) is 23.8 Å². The van der Waals surface area contributed by atoms with Crippen molar-refractivity contribution < 1.29 is 9.21 Å². The van der Waals surface area contributed by atoms with Gasteiger partial charge in [0.15, 0.2) is 5.82 Å². The number of benzene rings is 2. The zero-order chi connectivity index (χ0) is 21.5. The summed E-state index contributed by atoms with van der Waals surface area (Å²) in [5.41, 5.74) is 5.48. The van der Waals surface area contributed by atoms with E-state index in [1.54, 1.807) is 6.07 Å². The van der Waals surface area contributed by atoms with E-state index in [-0.39, 0.29) is 5.91 Å². The Morgan fingerprint density at radius 2 is 2.03 bits per heavy atom. The predicted molar refractivity (Wildman–Crippen MR) is 119 cm³/mol. The van der Waals surface area contributed by atoms with Crippen LogP contribution in [0, 0.1) is 0 Å². The Balaban J connectivity index is 1.36. The first kappa shape index (κ1) is 18.6. The number of amides is 1. The summed E-state index contributed by atoms with van der Waals surface area (Å²) >= 11 is 0. The van der Waals surface area contributed by atoms with Crippen molar-refractivity contribution in [3.8, 4) is 11.3 Å². The van der Waals surface area contributed by atoms with Crippen LogP contribution in [0.3, 0.4) is 0 Å². The van der Waals surface area contributed by atoms with Gasteiger partial charge in [0.1, 0.15) is 12.0 Å². The van der Waals surface area contributed by atoms with E-state index in [4.69, 9.17) is 4.42 Å². The molecule has 2 aromatic carbocycles. The van der Waals surface area contributed by atoms with Crippen LogP contribution in [-0.2, 0) is 6.54 Å². The minimum atomic E-state index is -0.273. The number of hydrogen-bond acceptors (Lipinski definition) is 5. The maximum absolute atomic E-state index is 12.4. The number of aromatic amines is 1. The lowest BCUT2D eigenvalue weighted by Gasteiger charge is -2.08. The van der Waals surface area contributed by atoms with Gasteiger partial charge in [-0.05, 0) is 36.6 Å². The molecule has 0 aliphatic heterocycles. The molecule has 6 rings (SSSR count). The van der Waals surface area contributed by atoms with E-state index in [2.05, 4.69) is 38.0 Å². The van der Waals surface area contributed by atoms with Crippen LogP contribution in [0.1, 0.15) is 40.4 Å². The molecular formula is C24H20N6O2. The van der Waals surface area contributed by atoms with Crippen molar-refractivity contribution >= 4 is 22.6 Å². The second-order valence-electron chi connectivity index (χ2n) is 8.04. The standard InChI is InChI=1S/C24H20N6O2/c31-24(18-10-11-32-14-18)25-23-19-12-17(8-9-20(19)26-28-23)21-22(16-6-7-16)30(29-27-21)13-15-4-2-1-3-5-15/h1-5,8-12,14,16H,6-7,13H2,(H2,25,26,28,31). The van der Waals surface area contributed by atoms with E-state index in [1.807, 2.05) is 41.1 Å². The second-order valence-corrected chi connectivity index (χ2v) is 8.04. The number of carbonyl (C=O) groups excluding carboxylic acids is 1. The van der Waals surface area contributed by atoms with Gasteiger partial charge in [-0.25, -0.2) is 4.68 Å². The maximum Gasteiger partial charge on any atom is 0.260 e. The van der Waals surface area contributed by atoms with Crippen LogP contribution in [0.4, 0.5) is 5.82 Å². The molecule has 1 fully saturated rings. The number of fused-ring (bicyclic) bond motifs is 1. The average Bonchev–Trinajstić information content (AvgIpc) is 3.20. The van der Waals surface area contributed by atoms with Crippen LogP contribution in [0.2, 0.25) is 0 Å². The van der Waals surface area contributed by atoms with Crippen LogP contribution in [0.25, 0.3) is 22.2 Å². The molecule has 1 aliphatic rings. The van der Waals surface area contributed by atoms with E-state index >= 15 is 0 Å². The number of carbonyl (C=O) groups is 1. The summed E-state index contributed by atoms with van der Waals surface area (Å²) < 4.78 is 7.02. The quantitative estimate of drug-likeness (QED) is 0.415. The zero-order valence-corrected chi connectivity index (χ0v) is 17.2. The normalized spacial score (nSPS) is 13.5. The van der Waals surface area contributed by atoms with Crippen molar-refractivity contribution in [2.24, 2.45) is 0 Å². The molecule has 0 spiro atoms. The molecule has 0 unspecified atom stereocenters. The molecule has 5 aromatic rings. The lowest BCUT2D eigenvalue weighted by atomic mass is 10.1. The van der Waals surface area contributed by atoms with Gasteiger partial charge in [0.25, 0.3) is 5.91 Å². The smallest absolute Gasteiger partial charge is 0.260 e. The molecule has 0 bridgehead atoms. The summed E-state index contributed by atoms with van der Waals surface area (Å²) in [5.74, 6) is 0.673. The van der Waals surface area contributed by atoms with Gasteiger partial charge in [-0.1, -0.05) is 41.6 Å². The fraction of sp³-hybridized carbons (Fsp3) is 0.167. The molecule has 32 heavy (non-hydrogen) atoms. The first-order valence-electron chi connectivity index (χ1n) is 10.6. The number of rotatable bonds is 6. The molecule has 158 valence electrons. The van der Waals surface area contributed by atoms with E-state index in [9.17, 15) is 4.79 Å². The summed E-state index contributed by atoms with van der Waals surface area (Å²) in [6.07, 6.45) is 5.17. The Morgan fingerprint density at radius 3 is 2.81 bits per heavy atom. The zero-order valence-electron chi connectivity index (χ0n) is 17.2. The number of furan rings is 1. The summed E-state index contributed by atoms with van der Waals surface area (Å²) in [6.45, 7) is 0.694. The van der Waals surface area contributed by atoms with Crippen LogP contribution in [0.5, 0.6) is 0 Å². The van der Waals surface area contributed by atoms with Crippen molar-refractivity contribution in [3.05, 3.63) is 83.9 Å². The summed E-state index contributed by atoms with van der Waals surface area (Å²) in [7, 11) is 0. The maximum atomic E-state index is 12.4. The summed E-state index contributed by atoms with van der Waals surface area (Å²) in [4.78, 5) is 12.4. The monoisotopic (exact) mass is 424 g/mol. The molecule has 1 aliphatic carbocycles.